The maximum atomic E-state index is 13.5. The van der Waals surface area contributed by atoms with Gasteiger partial charge >= 0.3 is 5.97 Å². The third-order valence-corrected chi connectivity index (χ3v) is 1.90. The second-order valence-corrected chi connectivity index (χ2v) is 2.82. The molecule has 4 nitrogen and oxygen atoms in total. The number of esters is 1. The van der Waals surface area contributed by atoms with Gasteiger partial charge in [0.25, 0.3) is 0 Å². The molecular weight excluding hydrogens is 206 g/mol. The van der Waals surface area contributed by atoms with Crippen LogP contribution < -0.4 is 0 Å². The van der Waals surface area contributed by atoms with Crippen LogP contribution in [-0.2, 0) is 4.74 Å². The number of ether oxygens (including phenoxy) is 1. The average molecular weight is 212 g/mol. The highest BCUT2D eigenvalue weighted by Crippen LogP contribution is 2.12. The van der Waals surface area contributed by atoms with Crippen molar-refractivity contribution >= 4 is 11.6 Å². The van der Waals surface area contributed by atoms with Gasteiger partial charge in [0.15, 0.2) is 0 Å². The molecule has 0 aliphatic rings. The molecule has 0 saturated carbocycles. The normalized spacial score (nSPS) is 10.6. The van der Waals surface area contributed by atoms with Gasteiger partial charge in [0.2, 0.25) is 11.6 Å². The first-order valence-corrected chi connectivity index (χ1v) is 4.05. The first kappa shape index (κ1) is 9.57. The molecule has 15 heavy (non-hydrogen) atoms. The Kier molecular flexibility index (Phi) is 2.11. The zero-order valence-corrected chi connectivity index (χ0v) is 7.70. The van der Waals surface area contributed by atoms with Crippen LogP contribution in [0.5, 0.6) is 0 Å². The van der Waals surface area contributed by atoms with Gasteiger partial charge in [-0.1, -0.05) is 0 Å². The van der Waals surface area contributed by atoms with Crippen LogP contribution in [-0.4, -0.2) is 22.5 Å². The number of hydrogen-bond donors (Lipinski definition) is 0. The van der Waals surface area contributed by atoms with Crippen LogP contribution in [0.25, 0.3) is 5.65 Å². The number of hydrogen-bond acceptors (Lipinski definition) is 3. The Bertz CT molecular complexity index is 536. The minimum Gasteiger partial charge on any atom is -0.464 e. The van der Waals surface area contributed by atoms with Gasteiger partial charge in [0.1, 0.15) is 11.5 Å². The number of fused-ring (bicyclic) bond motifs is 1. The summed E-state index contributed by atoms with van der Waals surface area (Å²) >= 11 is 0. The molecule has 0 amide bonds. The predicted molar refractivity (Wildman–Crippen MR) is 46.4 cm³/mol. The molecule has 0 atom stereocenters. The van der Waals surface area contributed by atoms with Crippen molar-refractivity contribution in [3.05, 3.63) is 35.8 Å². The topological polar surface area (TPSA) is 43.6 Å². The first-order valence-electron chi connectivity index (χ1n) is 4.05. The molecule has 2 aromatic heterocycles. The van der Waals surface area contributed by atoms with Crippen LogP contribution in [0.3, 0.4) is 0 Å². The molecule has 0 spiro atoms. The monoisotopic (exact) mass is 212 g/mol. The van der Waals surface area contributed by atoms with E-state index < -0.39 is 23.4 Å². The van der Waals surface area contributed by atoms with Crippen LogP contribution in [0.2, 0.25) is 0 Å². The van der Waals surface area contributed by atoms with Crippen LogP contribution >= 0.6 is 0 Å². The van der Waals surface area contributed by atoms with Crippen molar-refractivity contribution in [1.29, 1.82) is 0 Å². The number of aromatic nitrogens is 2. The highest BCUT2D eigenvalue weighted by Gasteiger charge is 2.19. The zero-order chi connectivity index (χ0) is 11.0. The summed E-state index contributed by atoms with van der Waals surface area (Å²) in [6, 6.07) is 2.40. The molecule has 0 fully saturated rings. The van der Waals surface area contributed by atoms with Gasteiger partial charge in [-0.25, -0.2) is 14.2 Å². The van der Waals surface area contributed by atoms with Gasteiger partial charge in [0, 0.05) is 6.20 Å². The quantitative estimate of drug-likeness (QED) is 0.671. The summed E-state index contributed by atoms with van der Waals surface area (Å²) in [5.74, 6) is -2.44. The fraction of sp³-hybridized carbons (Fsp3) is 0.111. The molecule has 0 N–H and O–H groups in total. The summed E-state index contributed by atoms with van der Waals surface area (Å²) in [5, 5.41) is 0. The summed E-state index contributed by atoms with van der Waals surface area (Å²) in [6.07, 6.45) is 0.907. The SMILES string of the molecule is COC(=O)c1nc2ccc(F)cn2c1F. The number of methoxy groups -OCH3 is 1. The molecule has 0 aromatic carbocycles. The standard InChI is InChI=1S/C9H6F2N2O2/c1-15-9(14)7-8(11)13-4-5(10)2-3-6(13)12-7/h2-4H,1H3. The molecule has 0 aliphatic carbocycles. The van der Waals surface area contributed by atoms with Crippen LogP contribution in [0.15, 0.2) is 18.3 Å². The smallest absolute Gasteiger partial charge is 0.361 e. The number of nitrogens with zero attached hydrogens (tertiary/aromatic N) is 2. The Hall–Kier alpha value is -1.98. The van der Waals surface area contributed by atoms with E-state index in [-0.39, 0.29) is 5.65 Å². The van der Waals surface area contributed by atoms with Gasteiger partial charge in [-0.05, 0) is 12.1 Å². The maximum absolute atomic E-state index is 13.5. The molecule has 0 bridgehead atoms. The molecule has 78 valence electrons. The van der Waals surface area contributed by atoms with Crippen molar-refractivity contribution in [3.63, 3.8) is 0 Å². The van der Waals surface area contributed by atoms with E-state index in [4.69, 9.17) is 0 Å². The fourth-order valence-corrected chi connectivity index (χ4v) is 1.22. The van der Waals surface area contributed by atoms with Gasteiger partial charge < -0.3 is 4.74 Å². The highest BCUT2D eigenvalue weighted by atomic mass is 19.1. The van der Waals surface area contributed by atoms with Crippen molar-refractivity contribution in [2.75, 3.05) is 7.11 Å². The lowest BCUT2D eigenvalue weighted by Crippen LogP contribution is -2.04. The van der Waals surface area contributed by atoms with Crippen LogP contribution in [0.4, 0.5) is 8.78 Å². The number of imidazole rings is 1. The zero-order valence-electron chi connectivity index (χ0n) is 7.70. The largest absolute Gasteiger partial charge is 0.464 e. The molecule has 0 radical (unpaired) electrons. The molecule has 0 aliphatic heterocycles. The predicted octanol–water partition coefficient (Wildman–Crippen LogP) is 1.40. The molecule has 0 saturated heterocycles. The Morgan fingerprint density at radius 2 is 2.20 bits per heavy atom. The Balaban J connectivity index is 2.69. The summed E-state index contributed by atoms with van der Waals surface area (Å²) in [6.45, 7) is 0. The molecule has 0 unspecified atom stereocenters. The minimum absolute atomic E-state index is 0.148. The number of rotatable bonds is 1. The van der Waals surface area contributed by atoms with E-state index in [9.17, 15) is 13.6 Å². The molecule has 2 heterocycles. The second kappa shape index (κ2) is 3.30. The molecule has 6 heteroatoms. The van der Waals surface area contributed by atoms with Crippen molar-refractivity contribution < 1.29 is 18.3 Å². The van der Waals surface area contributed by atoms with Gasteiger partial charge in [-0.15, -0.1) is 0 Å². The number of halogens is 2. The second-order valence-electron chi connectivity index (χ2n) is 2.82. The van der Waals surface area contributed by atoms with Crippen molar-refractivity contribution in [1.82, 2.24) is 9.38 Å². The number of pyridine rings is 1. The lowest BCUT2D eigenvalue weighted by Gasteiger charge is -1.93. The Morgan fingerprint density at radius 3 is 2.87 bits per heavy atom. The summed E-state index contributed by atoms with van der Waals surface area (Å²) < 4.78 is 31.4. The van der Waals surface area contributed by atoms with E-state index in [2.05, 4.69) is 9.72 Å². The molecule has 2 rings (SSSR count). The first-order chi connectivity index (χ1) is 7.13. The van der Waals surface area contributed by atoms with Crippen molar-refractivity contribution in [2.45, 2.75) is 0 Å². The lowest BCUT2D eigenvalue weighted by atomic mass is 10.4. The van der Waals surface area contributed by atoms with Gasteiger partial charge in [0.05, 0.1) is 7.11 Å². The third-order valence-electron chi connectivity index (χ3n) is 1.90. The minimum atomic E-state index is -0.934. The van der Waals surface area contributed by atoms with Gasteiger partial charge in [-0.3, -0.25) is 4.40 Å². The fourth-order valence-electron chi connectivity index (χ4n) is 1.22. The van der Waals surface area contributed by atoms with E-state index in [0.29, 0.717) is 0 Å². The molecule has 2 aromatic rings. The third kappa shape index (κ3) is 1.43. The Labute approximate surface area is 83.1 Å². The van der Waals surface area contributed by atoms with E-state index in [1.807, 2.05) is 0 Å². The number of carbonyl (C=O) groups is 1. The van der Waals surface area contributed by atoms with E-state index >= 15 is 0 Å². The van der Waals surface area contributed by atoms with Crippen molar-refractivity contribution in [2.24, 2.45) is 0 Å². The van der Waals surface area contributed by atoms with Crippen LogP contribution in [0, 0.1) is 11.8 Å². The maximum Gasteiger partial charge on any atom is 0.361 e. The van der Waals surface area contributed by atoms with E-state index in [1.165, 1.54) is 6.07 Å². The Morgan fingerprint density at radius 1 is 1.47 bits per heavy atom. The highest BCUT2D eigenvalue weighted by molar-refractivity contribution is 5.88. The molecular formula is C9H6F2N2O2. The summed E-state index contributed by atoms with van der Waals surface area (Å²) in [7, 11) is 1.12. The summed E-state index contributed by atoms with van der Waals surface area (Å²) in [5.41, 5.74) is -0.308. The summed E-state index contributed by atoms with van der Waals surface area (Å²) in [4.78, 5) is 14.7. The van der Waals surface area contributed by atoms with Gasteiger partial charge in [-0.2, -0.15) is 4.39 Å². The average Bonchev–Trinajstić information content (AvgIpc) is 2.55. The lowest BCUT2D eigenvalue weighted by molar-refractivity contribution is 0.0589. The van der Waals surface area contributed by atoms with E-state index in [1.54, 1.807) is 0 Å². The van der Waals surface area contributed by atoms with Crippen molar-refractivity contribution in [3.8, 4) is 0 Å². The van der Waals surface area contributed by atoms with E-state index in [0.717, 1.165) is 23.8 Å². The van der Waals surface area contributed by atoms with Crippen LogP contribution in [0.1, 0.15) is 10.5 Å². The number of carbonyl (C=O) groups excluding carboxylic acids is 1.